The molecule has 0 bridgehead atoms. The fourth-order valence-electron chi connectivity index (χ4n) is 7.21. The summed E-state index contributed by atoms with van der Waals surface area (Å²) in [5.41, 5.74) is 0.676. The molecule has 8 atom stereocenters. The molecule has 2 nitrogen and oxygen atoms in total. The summed E-state index contributed by atoms with van der Waals surface area (Å²) in [5.74, 6) is 3.21. The van der Waals surface area contributed by atoms with Gasteiger partial charge in [0.05, 0.1) is 12.2 Å². The van der Waals surface area contributed by atoms with Crippen molar-refractivity contribution in [3.63, 3.8) is 0 Å². The molecule has 120 valence electrons. The van der Waals surface area contributed by atoms with Crippen molar-refractivity contribution in [3.8, 4) is 0 Å². The van der Waals surface area contributed by atoms with Gasteiger partial charge in [-0.3, -0.25) is 0 Å². The molecule has 4 fully saturated rings. The monoisotopic (exact) mass is 292 g/mol. The lowest BCUT2D eigenvalue weighted by Gasteiger charge is -2.60. The summed E-state index contributed by atoms with van der Waals surface area (Å²) in [5, 5.41) is 20.5. The average molecular weight is 292 g/mol. The summed E-state index contributed by atoms with van der Waals surface area (Å²) in [7, 11) is 0. The van der Waals surface area contributed by atoms with Crippen LogP contribution in [0.4, 0.5) is 0 Å². The second kappa shape index (κ2) is 4.71. The summed E-state index contributed by atoms with van der Waals surface area (Å²) in [4.78, 5) is 0. The van der Waals surface area contributed by atoms with E-state index in [1.807, 2.05) is 0 Å². The third-order valence-corrected chi connectivity index (χ3v) is 8.59. The Kier molecular flexibility index (Phi) is 3.25. The summed E-state index contributed by atoms with van der Waals surface area (Å²) in [6.45, 7) is 4.90. The predicted molar refractivity (Wildman–Crippen MR) is 83.7 cm³/mol. The van der Waals surface area contributed by atoms with Crippen LogP contribution in [0.15, 0.2) is 0 Å². The van der Waals surface area contributed by atoms with Gasteiger partial charge in [-0.05, 0) is 92.3 Å². The first-order chi connectivity index (χ1) is 9.95. The number of fused-ring (bicyclic) bond motifs is 5. The van der Waals surface area contributed by atoms with Gasteiger partial charge in [0, 0.05) is 0 Å². The van der Waals surface area contributed by atoms with Gasteiger partial charge in [-0.2, -0.15) is 0 Å². The van der Waals surface area contributed by atoms with E-state index in [2.05, 4.69) is 13.8 Å². The van der Waals surface area contributed by atoms with Gasteiger partial charge in [-0.15, -0.1) is 0 Å². The third kappa shape index (κ3) is 1.91. The van der Waals surface area contributed by atoms with Crippen molar-refractivity contribution in [1.82, 2.24) is 0 Å². The lowest BCUT2D eigenvalue weighted by Crippen LogP contribution is -2.54. The van der Waals surface area contributed by atoms with Gasteiger partial charge in [0.25, 0.3) is 0 Å². The van der Waals surface area contributed by atoms with Gasteiger partial charge in [0.1, 0.15) is 0 Å². The second-order valence-electron chi connectivity index (χ2n) is 9.22. The molecule has 0 amide bonds. The highest BCUT2D eigenvalue weighted by Gasteiger charge is 2.59. The molecule has 0 aromatic rings. The van der Waals surface area contributed by atoms with Gasteiger partial charge >= 0.3 is 0 Å². The lowest BCUT2D eigenvalue weighted by molar-refractivity contribution is -0.133. The van der Waals surface area contributed by atoms with Crippen LogP contribution >= 0.6 is 0 Å². The predicted octanol–water partition coefficient (Wildman–Crippen LogP) is 3.75. The van der Waals surface area contributed by atoms with Crippen molar-refractivity contribution in [2.45, 2.75) is 83.8 Å². The first-order valence-electron chi connectivity index (χ1n) is 9.31. The number of aliphatic hydroxyl groups is 2. The molecule has 0 radical (unpaired) electrons. The second-order valence-corrected chi connectivity index (χ2v) is 9.22. The molecule has 0 heterocycles. The number of hydrogen-bond donors (Lipinski definition) is 2. The smallest absolute Gasteiger partial charge is 0.0596 e. The first-order valence-corrected chi connectivity index (χ1v) is 9.31. The van der Waals surface area contributed by atoms with E-state index in [9.17, 15) is 10.2 Å². The average Bonchev–Trinajstić information content (AvgIpc) is 2.76. The summed E-state index contributed by atoms with van der Waals surface area (Å²) in [6.07, 6.45) is 10.7. The Morgan fingerprint density at radius 1 is 0.762 bits per heavy atom. The molecule has 0 saturated heterocycles. The molecule has 1 unspecified atom stereocenters. The molecule has 4 aliphatic carbocycles. The quantitative estimate of drug-likeness (QED) is 0.714. The number of rotatable bonds is 0. The highest BCUT2D eigenvalue weighted by Crippen LogP contribution is 2.66. The van der Waals surface area contributed by atoms with Crippen LogP contribution in [0.5, 0.6) is 0 Å². The van der Waals surface area contributed by atoms with Crippen LogP contribution in [0.3, 0.4) is 0 Å². The zero-order chi connectivity index (χ0) is 14.8. The van der Waals surface area contributed by atoms with Gasteiger partial charge in [0.2, 0.25) is 0 Å². The van der Waals surface area contributed by atoms with E-state index in [1.165, 1.54) is 38.5 Å². The topological polar surface area (TPSA) is 40.5 Å². The maximum Gasteiger partial charge on any atom is 0.0596 e. The molecule has 0 spiro atoms. The minimum Gasteiger partial charge on any atom is -0.393 e. The van der Waals surface area contributed by atoms with E-state index in [4.69, 9.17) is 0 Å². The van der Waals surface area contributed by atoms with Gasteiger partial charge in [-0.1, -0.05) is 13.8 Å². The van der Waals surface area contributed by atoms with E-state index in [0.717, 1.165) is 42.9 Å². The standard InChI is InChI=1S/C19H32O2/c1-18-9-7-13(20)11-12(18)3-4-14-15-5-6-17(21)19(15,2)10-8-16(14)18/h12-17,20-21H,3-11H2,1-2H3/t12-,13?,14-,15-,16-,17-,18+,19-/m0/s1. The van der Waals surface area contributed by atoms with Crippen molar-refractivity contribution < 1.29 is 10.2 Å². The number of aliphatic hydroxyl groups excluding tert-OH is 2. The Morgan fingerprint density at radius 3 is 2.29 bits per heavy atom. The largest absolute Gasteiger partial charge is 0.393 e. The van der Waals surface area contributed by atoms with Gasteiger partial charge in [-0.25, -0.2) is 0 Å². The Balaban J connectivity index is 1.62. The Morgan fingerprint density at radius 2 is 1.48 bits per heavy atom. The van der Waals surface area contributed by atoms with Crippen molar-refractivity contribution >= 4 is 0 Å². The number of hydrogen-bond acceptors (Lipinski definition) is 2. The zero-order valence-electron chi connectivity index (χ0n) is 13.7. The normalized spacial score (nSPS) is 60.0. The van der Waals surface area contributed by atoms with Crippen LogP contribution in [0.1, 0.15) is 71.6 Å². The maximum atomic E-state index is 10.5. The van der Waals surface area contributed by atoms with Crippen LogP contribution in [-0.4, -0.2) is 22.4 Å². The van der Waals surface area contributed by atoms with E-state index in [-0.39, 0.29) is 17.6 Å². The molecule has 4 aliphatic rings. The maximum absolute atomic E-state index is 10.5. The van der Waals surface area contributed by atoms with Crippen LogP contribution in [0.25, 0.3) is 0 Å². The molecule has 0 aliphatic heterocycles. The highest BCUT2D eigenvalue weighted by atomic mass is 16.3. The van der Waals surface area contributed by atoms with Crippen molar-refractivity contribution in [2.24, 2.45) is 34.5 Å². The van der Waals surface area contributed by atoms with Gasteiger partial charge in [0.15, 0.2) is 0 Å². The Bertz CT molecular complexity index is 422. The molecule has 0 aromatic heterocycles. The third-order valence-electron chi connectivity index (χ3n) is 8.59. The van der Waals surface area contributed by atoms with Crippen LogP contribution in [-0.2, 0) is 0 Å². The van der Waals surface area contributed by atoms with E-state index in [1.54, 1.807) is 0 Å². The van der Waals surface area contributed by atoms with Crippen molar-refractivity contribution in [2.75, 3.05) is 0 Å². The highest BCUT2D eigenvalue weighted by molar-refractivity contribution is 5.09. The van der Waals surface area contributed by atoms with Gasteiger partial charge < -0.3 is 10.2 Å². The molecule has 2 heteroatoms. The first kappa shape index (κ1) is 14.5. The van der Waals surface area contributed by atoms with Crippen LogP contribution in [0, 0.1) is 34.5 Å². The molecule has 4 rings (SSSR count). The van der Waals surface area contributed by atoms with Crippen molar-refractivity contribution in [3.05, 3.63) is 0 Å². The minimum atomic E-state index is -0.0536. The molecule has 4 saturated carbocycles. The minimum absolute atomic E-state index is 0.0400. The Labute approximate surface area is 129 Å². The summed E-state index contributed by atoms with van der Waals surface area (Å²) >= 11 is 0. The lowest BCUT2D eigenvalue weighted by atomic mass is 9.45. The zero-order valence-corrected chi connectivity index (χ0v) is 13.7. The van der Waals surface area contributed by atoms with Crippen molar-refractivity contribution in [1.29, 1.82) is 0 Å². The molecule has 2 N–H and O–H groups in total. The molecule has 0 aromatic carbocycles. The SMILES string of the molecule is C[C@@]12CCC(O)C[C@@H]1CC[C@@H]1[C@@H]2CC[C@]2(C)[C@@H](O)CC[C@@H]12. The molecular weight excluding hydrogens is 260 g/mol. The van der Waals surface area contributed by atoms with E-state index < -0.39 is 0 Å². The van der Waals surface area contributed by atoms with Crippen LogP contribution < -0.4 is 0 Å². The molecule has 21 heavy (non-hydrogen) atoms. The molecular formula is C19H32O2. The summed E-state index contributed by atoms with van der Waals surface area (Å²) in [6, 6.07) is 0. The van der Waals surface area contributed by atoms with E-state index >= 15 is 0 Å². The van der Waals surface area contributed by atoms with E-state index in [0.29, 0.717) is 5.41 Å². The summed E-state index contributed by atoms with van der Waals surface area (Å²) < 4.78 is 0. The fraction of sp³-hybridized carbons (Fsp3) is 1.00. The van der Waals surface area contributed by atoms with Crippen LogP contribution in [0.2, 0.25) is 0 Å². The fourth-order valence-corrected chi connectivity index (χ4v) is 7.21. The Hall–Kier alpha value is -0.0800.